The largest absolute Gasteiger partial charge is 0.392 e. The summed E-state index contributed by atoms with van der Waals surface area (Å²) >= 11 is 0. The number of aliphatic hydroxyl groups excluding tert-OH is 2. The molecule has 0 aliphatic rings. The molecule has 2 N–H and O–H groups in total. The third-order valence-electron chi connectivity index (χ3n) is 5.39. The molecule has 3 aromatic rings. The summed E-state index contributed by atoms with van der Waals surface area (Å²) in [6.45, 7) is -0.738. The zero-order chi connectivity index (χ0) is 24.8. The number of hydrogen-bond donors (Lipinski definition) is 2. The van der Waals surface area contributed by atoms with Crippen molar-refractivity contribution < 1.29 is 31.4 Å². The van der Waals surface area contributed by atoms with Crippen LogP contribution in [0.2, 0.25) is 0 Å². The van der Waals surface area contributed by atoms with Gasteiger partial charge in [0, 0.05) is 6.42 Å². The van der Waals surface area contributed by atoms with E-state index >= 15 is 0 Å². The molecule has 34 heavy (non-hydrogen) atoms. The minimum atomic E-state index is -4.36. The average molecular weight is 505 g/mol. The number of benzene rings is 3. The minimum absolute atomic E-state index is 0.0215. The van der Waals surface area contributed by atoms with Gasteiger partial charge in [-0.05, 0) is 59.5 Å². The summed E-state index contributed by atoms with van der Waals surface area (Å²) in [5.41, 5.74) is 1.02. The molecule has 0 heterocycles. The SMILES string of the molecule is O=S(=O)(c1ccccc1)C(Cc1ccc(F)cc1C/C(=C/CO)CO)S(=O)(=O)c1ccccc1. The van der Waals surface area contributed by atoms with Crippen molar-refractivity contribution >= 4 is 19.7 Å². The van der Waals surface area contributed by atoms with Gasteiger partial charge >= 0.3 is 0 Å². The van der Waals surface area contributed by atoms with Gasteiger partial charge in [0.1, 0.15) is 5.82 Å². The Hall–Kier alpha value is -2.85. The summed E-state index contributed by atoms with van der Waals surface area (Å²) in [5, 5.41) is 18.7. The van der Waals surface area contributed by atoms with Gasteiger partial charge in [0.2, 0.25) is 0 Å². The van der Waals surface area contributed by atoms with Gasteiger partial charge in [0.25, 0.3) is 0 Å². The molecule has 0 amide bonds. The molecular weight excluding hydrogens is 479 g/mol. The van der Waals surface area contributed by atoms with Crippen molar-refractivity contribution in [3.63, 3.8) is 0 Å². The summed E-state index contributed by atoms with van der Waals surface area (Å²) in [5.74, 6) is -0.589. The molecule has 3 aromatic carbocycles. The van der Waals surface area contributed by atoms with E-state index in [0.717, 1.165) is 6.07 Å². The second-order valence-electron chi connectivity index (χ2n) is 7.64. The van der Waals surface area contributed by atoms with E-state index in [9.17, 15) is 26.3 Å². The standard InChI is InChI=1S/C25H25FO6S2/c26-22-12-11-20(21(16-22)15-19(18-28)13-14-27)17-25(33(29,30)23-7-3-1-4-8-23)34(31,32)24-9-5-2-6-10-24/h1-13,16,25,27-28H,14-15,17-18H2/b19-13-. The fraction of sp³-hybridized carbons (Fsp3) is 0.200. The summed E-state index contributed by atoms with van der Waals surface area (Å²) in [6.07, 6.45) is 0.961. The quantitative estimate of drug-likeness (QED) is 0.411. The molecule has 0 saturated carbocycles. The molecule has 6 nitrogen and oxygen atoms in total. The molecule has 0 fully saturated rings. The molecule has 180 valence electrons. The predicted molar refractivity (Wildman–Crippen MR) is 127 cm³/mol. The van der Waals surface area contributed by atoms with Crippen LogP contribution < -0.4 is 0 Å². The summed E-state index contributed by atoms with van der Waals surface area (Å²) in [6, 6.07) is 18.3. The van der Waals surface area contributed by atoms with Crippen molar-refractivity contribution in [2.45, 2.75) is 27.2 Å². The Kier molecular flexibility index (Phi) is 8.37. The predicted octanol–water partition coefficient (Wildman–Crippen LogP) is 3.10. The van der Waals surface area contributed by atoms with Crippen LogP contribution in [-0.4, -0.2) is 44.8 Å². The van der Waals surface area contributed by atoms with Gasteiger partial charge in [-0.3, -0.25) is 0 Å². The second-order valence-corrected chi connectivity index (χ2v) is 12.2. The van der Waals surface area contributed by atoms with Crippen LogP contribution in [0.4, 0.5) is 4.39 Å². The lowest BCUT2D eigenvalue weighted by molar-refractivity contribution is 0.317. The third-order valence-corrected chi connectivity index (χ3v) is 10.5. The molecule has 3 rings (SSSR count). The Labute approximate surface area is 198 Å². The zero-order valence-electron chi connectivity index (χ0n) is 18.2. The van der Waals surface area contributed by atoms with Gasteiger partial charge < -0.3 is 10.2 Å². The molecule has 0 bridgehead atoms. The Balaban J connectivity index is 2.16. The molecule has 9 heteroatoms. The smallest absolute Gasteiger partial charge is 0.196 e. The van der Waals surface area contributed by atoms with Crippen molar-refractivity contribution in [1.29, 1.82) is 0 Å². The van der Waals surface area contributed by atoms with E-state index in [0.29, 0.717) is 16.7 Å². The second kappa shape index (κ2) is 11.1. The molecule has 0 radical (unpaired) electrons. The number of aliphatic hydroxyl groups is 2. The first-order valence-electron chi connectivity index (χ1n) is 10.4. The fourth-order valence-corrected chi connectivity index (χ4v) is 8.09. The van der Waals surface area contributed by atoms with Gasteiger partial charge in [-0.2, -0.15) is 0 Å². The van der Waals surface area contributed by atoms with Crippen molar-refractivity contribution in [3.8, 4) is 0 Å². The van der Waals surface area contributed by atoms with E-state index < -0.39 is 43.1 Å². The van der Waals surface area contributed by atoms with E-state index in [1.54, 1.807) is 12.1 Å². The van der Waals surface area contributed by atoms with E-state index in [2.05, 4.69) is 0 Å². The summed E-state index contributed by atoms with van der Waals surface area (Å²) in [7, 11) is -8.72. The van der Waals surface area contributed by atoms with Crippen LogP contribution in [0.25, 0.3) is 0 Å². The first-order valence-corrected chi connectivity index (χ1v) is 13.5. The van der Waals surface area contributed by atoms with Crippen LogP contribution in [0.15, 0.2) is 100 Å². The molecule has 0 unspecified atom stereocenters. The minimum Gasteiger partial charge on any atom is -0.392 e. The molecule has 0 aliphatic heterocycles. The van der Waals surface area contributed by atoms with Gasteiger partial charge in [-0.1, -0.05) is 48.5 Å². The molecule has 0 aromatic heterocycles. The van der Waals surface area contributed by atoms with Gasteiger partial charge in [0.15, 0.2) is 24.3 Å². The maximum absolute atomic E-state index is 14.1. The van der Waals surface area contributed by atoms with Crippen LogP contribution in [0, 0.1) is 5.82 Å². The van der Waals surface area contributed by atoms with Crippen LogP contribution >= 0.6 is 0 Å². The third kappa shape index (κ3) is 5.79. The van der Waals surface area contributed by atoms with Gasteiger partial charge in [-0.25, -0.2) is 21.2 Å². The van der Waals surface area contributed by atoms with Crippen LogP contribution in [0.5, 0.6) is 0 Å². The van der Waals surface area contributed by atoms with E-state index in [1.165, 1.54) is 66.7 Å². The fourth-order valence-electron chi connectivity index (χ4n) is 3.61. The average Bonchev–Trinajstić information content (AvgIpc) is 2.84. The van der Waals surface area contributed by atoms with E-state index in [1.807, 2.05) is 0 Å². The Morgan fingerprint density at radius 2 is 1.32 bits per heavy atom. The monoisotopic (exact) mass is 504 g/mol. The normalized spacial score (nSPS) is 12.8. The van der Waals surface area contributed by atoms with Crippen molar-refractivity contribution in [2.75, 3.05) is 13.2 Å². The molecule has 0 saturated heterocycles. The van der Waals surface area contributed by atoms with Gasteiger partial charge in [-0.15, -0.1) is 0 Å². The first-order chi connectivity index (χ1) is 16.2. The molecule has 0 atom stereocenters. The number of hydrogen-bond acceptors (Lipinski definition) is 6. The van der Waals surface area contributed by atoms with Crippen molar-refractivity contribution in [3.05, 3.63) is 107 Å². The lowest BCUT2D eigenvalue weighted by Gasteiger charge is -2.21. The zero-order valence-corrected chi connectivity index (χ0v) is 19.8. The Morgan fingerprint density at radius 3 is 1.79 bits per heavy atom. The maximum Gasteiger partial charge on any atom is 0.196 e. The maximum atomic E-state index is 14.1. The van der Waals surface area contributed by atoms with Crippen molar-refractivity contribution in [1.82, 2.24) is 0 Å². The highest BCUT2D eigenvalue weighted by Gasteiger charge is 2.40. The van der Waals surface area contributed by atoms with Crippen molar-refractivity contribution in [2.24, 2.45) is 0 Å². The highest BCUT2D eigenvalue weighted by atomic mass is 32.3. The van der Waals surface area contributed by atoms with E-state index in [4.69, 9.17) is 5.11 Å². The first kappa shape index (κ1) is 25.8. The lowest BCUT2D eigenvalue weighted by Crippen LogP contribution is -2.33. The lowest BCUT2D eigenvalue weighted by atomic mass is 9.98. The highest BCUT2D eigenvalue weighted by molar-refractivity contribution is 8.09. The van der Waals surface area contributed by atoms with E-state index in [-0.39, 0.29) is 22.8 Å². The summed E-state index contributed by atoms with van der Waals surface area (Å²) < 4.78 is 66.5. The number of halogens is 1. The molecule has 0 aliphatic carbocycles. The highest BCUT2D eigenvalue weighted by Crippen LogP contribution is 2.30. The Morgan fingerprint density at radius 1 is 0.794 bits per heavy atom. The number of sulfone groups is 2. The molecular formula is C25H25FO6S2. The molecule has 0 spiro atoms. The topological polar surface area (TPSA) is 109 Å². The number of rotatable bonds is 10. The Bertz CT molecular complexity index is 1280. The summed E-state index contributed by atoms with van der Waals surface area (Å²) in [4.78, 5) is -0.279. The van der Waals surface area contributed by atoms with Gasteiger partial charge in [0.05, 0.1) is 23.0 Å². The van der Waals surface area contributed by atoms with Crippen LogP contribution in [0.3, 0.4) is 0 Å². The van der Waals surface area contributed by atoms with Crippen LogP contribution in [-0.2, 0) is 32.5 Å². The van der Waals surface area contributed by atoms with Crippen LogP contribution in [0.1, 0.15) is 11.1 Å².